The van der Waals surface area contributed by atoms with Crippen LogP contribution in [-0.4, -0.2) is 25.8 Å². The fourth-order valence-corrected chi connectivity index (χ4v) is 3.19. The fourth-order valence-electron chi connectivity index (χ4n) is 3.19. The number of nitrogens with zero attached hydrogens (tertiary/aromatic N) is 4. The number of pyridine rings is 1. The lowest BCUT2D eigenvalue weighted by atomic mass is 10.0. The van der Waals surface area contributed by atoms with Crippen molar-refractivity contribution in [2.24, 2.45) is 7.05 Å². The van der Waals surface area contributed by atoms with Crippen molar-refractivity contribution in [1.82, 2.24) is 19.9 Å². The molecular weight excluding hydrogens is 332 g/mol. The first kappa shape index (κ1) is 16.1. The molecule has 0 spiro atoms. The van der Waals surface area contributed by atoms with E-state index in [2.05, 4.69) is 25.9 Å². The number of carbonyl (C=O) groups is 1. The van der Waals surface area contributed by atoms with Gasteiger partial charge in [0.15, 0.2) is 0 Å². The third-order valence-electron chi connectivity index (χ3n) is 4.35. The molecule has 3 aromatic heterocycles. The molecule has 0 saturated carbocycles. The Morgan fingerprint density at radius 1 is 1.31 bits per heavy atom. The number of amides is 1. The summed E-state index contributed by atoms with van der Waals surface area (Å²) >= 11 is 0. The van der Waals surface area contributed by atoms with Crippen molar-refractivity contribution in [1.29, 1.82) is 0 Å². The van der Waals surface area contributed by atoms with Gasteiger partial charge in [0.1, 0.15) is 5.76 Å². The molecule has 8 heteroatoms. The maximum atomic E-state index is 12.5. The summed E-state index contributed by atoms with van der Waals surface area (Å²) < 4.78 is 6.94. The van der Waals surface area contributed by atoms with Gasteiger partial charge in [0.25, 0.3) is 5.91 Å². The number of rotatable bonds is 3. The maximum absolute atomic E-state index is 12.5. The zero-order valence-electron chi connectivity index (χ0n) is 14.9. The molecule has 0 unspecified atom stereocenters. The molecule has 0 radical (unpaired) electrons. The first-order valence-corrected chi connectivity index (χ1v) is 8.15. The first-order valence-electron chi connectivity index (χ1n) is 8.15. The highest BCUT2D eigenvalue weighted by Crippen LogP contribution is 2.37. The number of hydrogen-bond acceptors (Lipinski definition) is 6. The van der Waals surface area contributed by atoms with Crippen LogP contribution >= 0.6 is 0 Å². The van der Waals surface area contributed by atoms with Gasteiger partial charge in [0, 0.05) is 24.5 Å². The standard InChI is InChI=1S/C18H18N6O2/c1-9(21-12-6-20-24(4)8-12)17-13-5-14(16-10(2)23-26-11(16)3)19-7-15(13)22-18(17)25/h5-8,21H,1-4H3,(H,22,25)/b17-9-. The van der Waals surface area contributed by atoms with Crippen LogP contribution in [0.25, 0.3) is 16.8 Å². The summed E-state index contributed by atoms with van der Waals surface area (Å²) in [6, 6.07) is 1.89. The van der Waals surface area contributed by atoms with Crippen LogP contribution in [0.2, 0.25) is 0 Å². The van der Waals surface area contributed by atoms with Crippen molar-refractivity contribution in [2.75, 3.05) is 10.6 Å². The molecule has 1 aliphatic heterocycles. The summed E-state index contributed by atoms with van der Waals surface area (Å²) in [5.41, 5.74) is 5.97. The molecule has 1 amide bonds. The van der Waals surface area contributed by atoms with E-state index in [0.29, 0.717) is 17.0 Å². The van der Waals surface area contributed by atoms with Crippen molar-refractivity contribution in [3.8, 4) is 11.3 Å². The number of allylic oxidation sites excluding steroid dienone is 1. The summed E-state index contributed by atoms with van der Waals surface area (Å²) in [5, 5.41) is 14.2. The second-order valence-corrected chi connectivity index (χ2v) is 6.30. The van der Waals surface area contributed by atoms with Gasteiger partial charge < -0.3 is 15.2 Å². The summed E-state index contributed by atoms with van der Waals surface area (Å²) in [5.74, 6) is 0.537. The molecular formula is C18H18N6O2. The van der Waals surface area contributed by atoms with E-state index >= 15 is 0 Å². The maximum Gasteiger partial charge on any atom is 0.258 e. The van der Waals surface area contributed by atoms with Crippen molar-refractivity contribution in [3.63, 3.8) is 0 Å². The molecule has 4 heterocycles. The van der Waals surface area contributed by atoms with Crippen molar-refractivity contribution < 1.29 is 9.32 Å². The van der Waals surface area contributed by atoms with E-state index < -0.39 is 0 Å². The third kappa shape index (κ3) is 2.55. The molecule has 0 fully saturated rings. The Morgan fingerprint density at radius 3 is 2.77 bits per heavy atom. The molecule has 26 heavy (non-hydrogen) atoms. The highest BCUT2D eigenvalue weighted by molar-refractivity contribution is 6.32. The zero-order valence-corrected chi connectivity index (χ0v) is 14.9. The van der Waals surface area contributed by atoms with Gasteiger partial charge in [0.05, 0.1) is 46.3 Å². The Morgan fingerprint density at radius 2 is 2.12 bits per heavy atom. The average molecular weight is 350 g/mol. The first-order chi connectivity index (χ1) is 12.4. The summed E-state index contributed by atoms with van der Waals surface area (Å²) in [4.78, 5) is 17.0. The predicted molar refractivity (Wildman–Crippen MR) is 97.3 cm³/mol. The van der Waals surface area contributed by atoms with Gasteiger partial charge in [-0.25, -0.2) is 0 Å². The Bertz CT molecular complexity index is 1040. The molecule has 8 nitrogen and oxygen atoms in total. The lowest BCUT2D eigenvalue weighted by Crippen LogP contribution is -2.08. The molecule has 132 valence electrons. The van der Waals surface area contributed by atoms with E-state index in [0.717, 1.165) is 33.9 Å². The van der Waals surface area contributed by atoms with E-state index in [1.165, 1.54) is 0 Å². The molecule has 0 aromatic carbocycles. The van der Waals surface area contributed by atoms with Gasteiger partial charge in [-0.2, -0.15) is 5.10 Å². The monoisotopic (exact) mass is 350 g/mol. The summed E-state index contributed by atoms with van der Waals surface area (Å²) in [7, 11) is 1.84. The van der Waals surface area contributed by atoms with Crippen LogP contribution < -0.4 is 10.6 Å². The second-order valence-electron chi connectivity index (χ2n) is 6.30. The molecule has 3 aromatic rings. The molecule has 0 aliphatic carbocycles. The minimum Gasteiger partial charge on any atom is -0.361 e. The molecule has 0 atom stereocenters. The minimum absolute atomic E-state index is 0.161. The zero-order chi connectivity index (χ0) is 18.4. The van der Waals surface area contributed by atoms with Crippen molar-refractivity contribution in [2.45, 2.75) is 20.8 Å². The van der Waals surface area contributed by atoms with E-state index in [4.69, 9.17) is 4.52 Å². The van der Waals surface area contributed by atoms with Gasteiger partial charge >= 0.3 is 0 Å². The van der Waals surface area contributed by atoms with Crippen LogP contribution in [0.5, 0.6) is 0 Å². The molecule has 0 saturated heterocycles. The topological polar surface area (TPSA) is 97.9 Å². The lowest BCUT2D eigenvalue weighted by Gasteiger charge is -2.08. The summed E-state index contributed by atoms with van der Waals surface area (Å²) in [6.07, 6.45) is 5.22. The Kier molecular flexibility index (Phi) is 3.61. The second kappa shape index (κ2) is 5.83. The lowest BCUT2D eigenvalue weighted by molar-refractivity contribution is -0.110. The van der Waals surface area contributed by atoms with Crippen molar-refractivity contribution >= 4 is 22.9 Å². The van der Waals surface area contributed by atoms with Gasteiger partial charge in [-0.3, -0.25) is 14.5 Å². The quantitative estimate of drug-likeness (QED) is 0.705. The van der Waals surface area contributed by atoms with Crippen LogP contribution in [0, 0.1) is 13.8 Å². The normalized spacial score (nSPS) is 15.0. The number of aromatic nitrogens is 4. The largest absolute Gasteiger partial charge is 0.361 e. The van der Waals surface area contributed by atoms with Crippen LogP contribution in [0.15, 0.2) is 34.9 Å². The van der Waals surface area contributed by atoms with Gasteiger partial charge in [-0.05, 0) is 26.8 Å². The highest BCUT2D eigenvalue weighted by atomic mass is 16.5. The fraction of sp³-hybridized carbons (Fsp3) is 0.222. The number of anilines is 2. The average Bonchev–Trinajstić information content (AvgIpc) is 3.24. The molecule has 1 aliphatic rings. The smallest absolute Gasteiger partial charge is 0.258 e. The number of nitrogens with one attached hydrogen (secondary N) is 2. The van der Waals surface area contributed by atoms with E-state index in [1.54, 1.807) is 17.1 Å². The van der Waals surface area contributed by atoms with Gasteiger partial charge in [-0.15, -0.1) is 0 Å². The van der Waals surface area contributed by atoms with Crippen LogP contribution in [0.4, 0.5) is 11.4 Å². The van der Waals surface area contributed by atoms with Crippen molar-refractivity contribution in [3.05, 3.63) is 47.4 Å². The molecule has 4 rings (SSSR count). The number of carbonyl (C=O) groups excluding carboxylic acids is 1. The van der Waals surface area contributed by atoms with Gasteiger partial charge in [0.2, 0.25) is 0 Å². The number of fused-ring (bicyclic) bond motifs is 1. The van der Waals surface area contributed by atoms with Crippen LogP contribution in [0.1, 0.15) is 23.9 Å². The Balaban J connectivity index is 1.79. The van der Waals surface area contributed by atoms with Crippen LogP contribution in [-0.2, 0) is 11.8 Å². The predicted octanol–water partition coefficient (Wildman–Crippen LogP) is 2.88. The highest BCUT2D eigenvalue weighted by Gasteiger charge is 2.28. The Labute approximate surface area is 149 Å². The third-order valence-corrected chi connectivity index (χ3v) is 4.35. The summed E-state index contributed by atoms with van der Waals surface area (Å²) in [6.45, 7) is 5.59. The number of aryl methyl sites for hydroxylation is 3. The van der Waals surface area contributed by atoms with Crippen LogP contribution in [0.3, 0.4) is 0 Å². The Hall–Kier alpha value is -3.42. The number of hydrogen-bond donors (Lipinski definition) is 2. The van der Waals surface area contributed by atoms with Gasteiger partial charge in [-0.1, -0.05) is 5.16 Å². The molecule has 0 bridgehead atoms. The molecule has 2 N–H and O–H groups in total. The van der Waals surface area contributed by atoms with E-state index in [1.807, 2.05) is 40.1 Å². The minimum atomic E-state index is -0.161. The van der Waals surface area contributed by atoms with E-state index in [9.17, 15) is 4.79 Å². The SMILES string of the molecule is C/C(Nc1cnn(C)c1)=C1/C(=O)Nc2cnc(-c3c(C)noc3C)cc21. The van der Waals surface area contributed by atoms with E-state index in [-0.39, 0.29) is 5.91 Å².